The third kappa shape index (κ3) is 5.10. The van der Waals surface area contributed by atoms with Gasteiger partial charge in [0.15, 0.2) is 16.8 Å². The van der Waals surface area contributed by atoms with E-state index in [1.807, 2.05) is 37.3 Å². The van der Waals surface area contributed by atoms with E-state index >= 15 is 0 Å². The molecule has 1 aromatic heterocycles. The number of nitrogens with two attached hydrogens (primary N) is 1. The second-order valence-corrected chi connectivity index (χ2v) is 8.51. The number of amides is 2. The van der Waals surface area contributed by atoms with Gasteiger partial charge in [0.2, 0.25) is 5.91 Å². The fraction of sp³-hybridized carbons (Fsp3) is 0.0800. The number of nitrogens with one attached hydrogen (secondary N) is 2. The Morgan fingerprint density at radius 3 is 2.47 bits per heavy atom. The molecule has 6 nitrogen and oxygen atoms in total. The van der Waals surface area contributed by atoms with E-state index in [9.17, 15) is 18.4 Å². The third-order valence-corrected chi connectivity index (χ3v) is 6.06. The first kappa shape index (κ1) is 23.1. The highest BCUT2D eigenvalue weighted by atomic mass is 32.1. The first-order valence-corrected chi connectivity index (χ1v) is 11.1. The van der Waals surface area contributed by atoms with E-state index in [0.717, 1.165) is 34.6 Å². The van der Waals surface area contributed by atoms with E-state index < -0.39 is 23.4 Å². The van der Waals surface area contributed by atoms with Crippen LogP contribution >= 0.6 is 11.3 Å². The van der Waals surface area contributed by atoms with Gasteiger partial charge in [0.05, 0.1) is 5.69 Å². The number of anilines is 2. The second kappa shape index (κ2) is 9.80. The molecule has 4 N–H and O–H groups in total. The van der Waals surface area contributed by atoms with Crippen LogP contribution in [0.1, 0.15) is 31.2 Å². The van der Waals surface area contributed by atoms with E-state index in [1.165, 1.54) is 6.07 Å². The predicted octanol–water partition coefficient (Wildman–Crippen LogP) is 5.17. The van der Waals surface area contributed by atoms with Gasteiger partial charge in [-0.1, -0.05) is 47.7 Å². The van der Waals surface area contributed by atoms with Crippen molar-refractivity contribution in [3.63, 3.8) is 0 Å². The summed E-state index contributed by atoms with van der Waals surface area (Å²) in [5.74, 6) is -3.02. The van der Waals surface area contributed by atoms with Gasteiger partial charge in [0.1, 0.15) is 4.88 Å². The number of aromatic nitrogens is 1. The molecular formula is C25H20F2N4O2S. The molecule has 172 valence electrons. The van der Waals surface area contributed by atoms with E-state index in [4.69, 9.17) is 5.73 Å². The molecule has 0 unspecified atom stereocenters. The van der Waals surface area contributed by atoms with Crippen molar-refractivity contribution >= 4 is 34.0 Å². The molecule has 9 heteroatoms. The van der Waals surface area contributed by atoms with Crippen molar-refractivity contribution in [2.75, 3.05) is 5.32 Å². The zero-order valence-electron chi connectivity index (χ0n) is 18.1. The van der Waals surface area contributed by atoms with Crippen LogP contribution in [0.4, 0.5) is 19.6 Å². The molecule has 0 aliphatic carbocycles. The lowest BCUT2D eigenvalue weighted by atomic mass is 10.1. The molecule has 3 aromatic carbocycles. The summed E-state index contributed by atoms with van der Waals surface area (Å²) < 4.78 is 27.4. The quantitative estimate of drug-likeness (QED) is 0.341. The van der Waals surface area contributed by atoms with Gasteiger partial charge in [0.25, 0.3) is 5.91 Å². The van der Waals surface area contributed by atoms with Crippen molar-refractivity contribution < 1.29 is 18.4 Å². The number of thiazole rings is 1. The van der Waals surface area contributed by atoms with E-state index in [0.29, 0.717) is 16.4 Å². The first-order chi connectivity index (χ1) is 16.3. The number of hydrogen-bond acceptors (Lipinski definition) is 5. The van der Waals surface area contributed by atoms with Gasteiger partial charge in [-0.15, -0.1) is 0 Å². The summed E-state index contributed by atoms with van der Waals surface area (Å²) in [6, 6.07) is 17.7. The molecule has 4 aromatic rings. The van der Waals surface area contributed by atoms with Crippen LogP contribution in [0.3, 0.4) is 0 Å². The topological polar surface area (TPSA) is 97.1 Å². The molecule has 0 aliphatic rings. The van der Waals surface area contributed by atoms with Crippen molar-refractivity contribution in [2.45, 2.75) is 13.5 Å². The van der Waals surface area contributed by atoms with Crippen LogP contribution in [0.25, 0.3) is 11.3 Å². The summed E-state index contributed by atoms with van der Waals surface area (Å²) in [4.78, 5) is 29.3. The number of benzene rings is 3. The lowest BCUT2D eigenvalue weighted by Gasteiger charge is -2.08. The maximum Gasteiger partial charge on any atom is 0.264 e. The average molecular weight is 479 g/mol. The molecule has 0 bridgehead atoms. The molecule has 0 spiro atoms. The van der Waals surface area contributed by atoms with Crippen LogP contribution in [0.5, 0.6) is 0 Å². The average Bonchev–Trinajstić information content (AvgIpc) is 3.25. The van der Waals surface area contributed by atoms with Gasteiger partial charge >= 0.3 is 0 Å². The van der Waals surface area contributed by atoms with Crippen molar-refractivity contribution in [3.8, 4) is 11.3 Å². The summed E-state index contributed by atoms with van der Waals surface area (Å²) >= 11 is 1.06. The molecule has 0 saturated heterocycles. The largest absolute Gasteiger partial charge is 0.366 e. The molecule has 0 atom stereocenters. The Kier molecular flexibility index (Phi) is 6.65. The minimum absolute atomic E-state index is 0.209. The number of nitrogens with zero attached hydrogens (tertiary/aromatic N) is 1. The van der Waals surface area contributed by atoms with Crippen LogP contribution in [-0.4, -0.2) is 16.8 Å². The lowest BCUT2D eigenvalue weighted by Crippen LogP contribution is -2.22. The Hall–Kier alpha value is -4.11. The summed E-state index contributed by atoms with van der Waals surface area (Å²) in [6.07, 6.45) is 0. The monoisotopic (exact) mass is 478 g/mol. The summed E-state index contributed by atoms with van der Waals surface area (Å²) in [5.41, 5.74) is 8.47. The van der Waals surface area contributed by atoms with Crippen molar-refractivity contribution in [2.24, 2.45) is 5.73 Å². The Bertz CT molecular complexity index is 1370. The van der Waals surface area contributed by atoms with Crippen molar-refractivity contribution in [1.82, 2.24) is 10.3 Å². The van der Waals surface area contributed by atoms with Gasteiger partial charge in [-0.25, -0.2) is 13.8 Å². The van der Waals surface area contributed by atoms with E-state index in [-0.39, 0.29) is 22.7 Å². The Morgan fingerprint density at radius 2 is 1.76 bits per heavy atom. The lowest BCUT2D eigenvalue weighted by molar-refractivity contribution is 0.0954. The van der Waals surface area contributed by atoms with Crippen LogP contribution in [-0.2, 0) is 6.54 Å². The van der Waals surface area contributed by atoms with Crippen LogP contribution in [0.15, 0.2) is 66.7 Å². The standard InChI is InChI=1S/C25H20F2N4O2S/c1-14-7-8-17(23(28)32)12-20(14)30-25-31-21(16-9-10-18(26)19(27)11-16)22(34-25)24(33)29-13-15-5-3-2-4-6-15/h2-12H,13H2,1H3,(H2,28,32)(H,29,33)(H,30,31). The van der Waals surface area contributed by atoms with Crippen LogP contribution < -0.4 is 16.4 Å². The number of carbonyl (C=O) groups excluding carboxylic acids is 2. The molecule has 0 fully saturated rings. The summed E-state index contributed by atoms with van der Waals surface area (Å²) in [5, 5.41) is 6.29. The molecule has 0 radical (unpaired) electrons. The zero-order valence-corrected chi connectivity index (χ0v) is 18.9. The highest BCUT2D eigenvalue weighted by Crippen LogP contribution is 2.34. The molecule has 0 saturated carbocycles. The molecule has 34 heavy (non-hydrogen) atoms. The highest BCUT2D eigenvalue weighted by Gasteiger charge is 2.21. The summed E-state index contributed by atoms with van der Waals surface area (Å²) in [7, 11) is 0. The SMILES string of the molecule is Cc1ccc(C(N)=O)cc1Nc1nc(-c2ccc(F)c(F)c2)c(C(=O)NCc2ccccc2)s1. The van der Waals surface area contributed by atoms with Crippen LogP contribution in [0.2, 0.25) is 0 Å². The van der Waals surface area contributed by atoms with Crippen molar-refractivity contribution in [3.05, 3.63) is 99.9 Å². The number of aryl methyl sites for hydroxylation is 1. The van der Waals surface area contributed by atoms with Gasteiger partial charge < -0.3 is 16.4 Å². The van der Waals surface area contributed by atoms with E-state index in [2.05, 4.69) is 15.6 Å². The Labute approximate surface area is 198 Å². The summed E-state index contributed by atoms with van der Waals surface area (Å²) in [6.45, 7) is 2.13. The number of primary amides is 1. The number of halogens is 2. The molecule has 4 rings (SSSR count). The number of rotatable bonds is 7. The van der Waals surface area contributed by atoms with Gasteiger partial charge in [-0.3, -0.25) is 9.59 Å². The Balaban J connectivity index is 1.69. The van der Waals surface area contributed by atoms with Gasteiger partial charge in [-0.05, 0) is 48.4 Å². The minimum atomic E-state index is -1.04. The first-order valence-electron chi connectivity index (χ1n) is 10.3. The zero-order chi connectivity index (χ0) is 24.2. The fourth-order valence-electron chi connectivity index (χ4n) is 3.25. The normalized spacial score (nSPS) is 10.7. The van der Waals surface area contributed by atoms with E-state index in [1.54, 1.807) is 18.2 Å². The fourth-order valence-corrected chi connectivity index (χ4v) is 4.17. The highest BCUT2D eigenvalue weighted by molar-refractivity contribution is 7.18. The number of hydrogen-bond donors (Lipinski definition) is 3. The van der Waals surface area contributed by atoms with Gasteiger partial charge in [-0.2, -0.15) is 0 Å². The maximum absolute atomic E-state index is 13.9. The number of carbonyl (C=O) groups is 2. The maximum atomic E-state index is 13.9. The Morgan fingerprint density at radius 1 is 1.00 bits per heavy atom. The molecule has 2 amide bonds. The van der Waals surface area contributed by atoms with Crippen molar-refractivity contribution in [1.29, 1.82) is 0 Å². The predicted molar refractivity (Wildman–Crippen MR) is 128 cm³/mol. The smallest absolute Gasteiger partial charge is 0.264 e. The minimum Gasteiger partial charge on any atom is -0.366 e. The third-order valence-electron chi connectivity index (χ3n) is 5.09. The molecule has 0 aliphatic heterocycles. The molecule has 1 heterocycles. The molecular weight excluding hydrogens is 458 g/mol. The second-order valence-electron chi connectivity index (χ2n) is 7.51. The van der Waals surface area contributed by atoms with Crippen LogP contribution in [0, 0.1) is 18.6 Å². The van der Waals surface area contributed by atoms with Gasteiger partial charge in [0, 0.05) is 23.4 Å².